The second kappa shape index (κ2) is 6.56. The molecule has 112 valence electrons. The fourth-order valence-corrected chi connectivity index (χ4v) is 4.69. The van der Waals surface area contributed by atoms with Gasteiger partial charge < -0.3 is 10.4 Å². The lowest BCUT2D eigenvalue weighted by molar-refractivity contribution is 0.264. The van der Waals surface area contributed by atoms with Crippen LogP contribution >= 0.6 is 0 Å². The molecule has 5 nitrogen and oxygen atoms in total. The van der Waals surface area contributed by atoms with Gasteiger partial charge in [0.1, 0.15) is 4.90 Å². The van der Waals surface area contributed by atoms with Gasteiger partial charge >= 0.3 is 0 Å². The number of hydrogen-bond acceptors (Lipinski definition) is 4. The normalized spacial score (nSPS) is 20.2. The third-order valence-corrected chi connectivity index (χ3v) is 5.77. The highest BCUT2D eigenvalue weighted by atomic mass is 32.2. The number of aliphatic hydroxyl groups excluding tert-OH is 1. The number of nitrogens with zero attached hydrogens (tertiary/aromatic N) is 1. The van der Waals surface area contributed by atoms with Crippen LogP contribution in [0.1, 0.15) is 25.7 Å². The van der Waals surface area contributed by atoms with E-state index in [4.69, 9.17) is 5.11 Å². The minimum Gasteiger partial charge on any atom is -0.396 e. The zero-order valence-corrected chi connectivity index (χ0v) is 12.6. The Labute approximate surface area is 120 Å². The molecule has 1 aromatic rings. The zero-order valence-electron chi connectivity index (χ0n) is 11.7. The van der Waals surface area contributed by atoms with Crippen LogP contribution in [0.25, 0.3) is 0 Å². The largest absolute Gasteiger partial charge is 0.396 e. The summed E-state index contributed by atoms with van der Waals surface area (Å²) in [6.07, 6.45) is 3.12. The van der Waals surface area contributed by atoms with Gasteiger partial charge in [0.2, 0.25) is 10.0 Å². The number of nitrogens with one attached hydrogen (secondary N) is 1. The van der Waals surface area contributed by atoms with Gasteiger partial charge in [0, 0.05) is 26.2 Å². The van der Waals surface area contributed by atoms with Crippen LogP contribution < -0.4 is 5.32 Å². The zero-order chi connectivity index (χ0) is 14.6. The fourth-order valence-electron chi connectivity index (χ4n) is 2.77. The number of para-hydroxylation sites is 1. The van der Waals surface area contributed by atoms with E-state index < -0.39 is 10.0 Å². The Kier molecular flexibility index (Phi) is 5.01. The lowest BCUT2D eigenvalue weighted by atomic mass is 10.1. The molecule has 1 aromatic carbocycles. The summed E-state index contributed by atoms with van der Waals surface area (Å²) in [5.41, 5.74) is 0.625. The van der Waals surface area contributed by atoms with Crippen LogP contribution in [0.3, 0.4) is 0 Å². The molecule has 20 heavy (non-hydrogen) atoms. The van der Waals surface area contributed by atoms with E-state index in [2.05, 4.69) is 5.32 Å². The van der Waals surface area contributed by atoms with E-state index in [0.29, 0.717) is 23.5 Å². The molecule has 0 bridgehead atoms. The van der Waals surface area contributed by atoms with Crippen molar-refractivity contribution in [2.45, 2.75) is 36.6 Å². The van der Waals surface area contributed by atoms with Crippen molar-refractivity contribution < 1.29 is 13.5 Å². The summed E-state index contributed by atoms with van der Waals surface area (Å²) in [6, 6.07) is 6.98. The first kappa shape index (κ1) is 15.3. The lowest BCUT2D eigenvalue weighted by Gasteiger charge is -2.25. The summed E-state index contributed by atoms with van der Waals surface area (Å²) in [5.74, 6) is 0. The Bertz CT molecular complexity index is 545. The molecule has 1 unspecified atom stereocenters. The standard InChI is InChI=1S/C14H22N2O3S/c1-15-13-8-2-3-9-14(13)20(18,19)16-10-4-6-12(16)7-5-11-17/h2-3,8-9,12,15,17H,4-7,10-11H2,1H3. The summed E-state index contributed by atoms with van der Waals surface area (Å²) in [4.78, 5) is 0.332. The van der Waals surface area contributed by atoms with Gasteiger partial charge in [0.25, 0.3) is 0 Å². The molecule has 0 aromatic heterocycles. The smallest absolute Gasteiger partial charge is 0.245 e. The summed E-state index contributed by atoms with van der Waals surface area (Å²) in [5, 5.41) is 11.9. The number of anilines is 1. The first-order valence-corrected chi connectivity index (χ1v) is 8.44. The summed E-state index contributed by atoms with van der Waals surface area (Å²) >= 11 is 0. The maximum Gasteiger partial charge on any atom is 0.245 e. The van der Waals surface area contributed by atoms with Gasteiger partial charge in [-0.05, 0) is 37.8 Å². The highest BCUT2D eigenvalue weighted by Gasteiger charge is 2.35. The van der Waals surface area contributed by atoms with Crippen LogP contribution in [-0.4, -0.2) is 44.1 Å². The number of hydrogen-bond donors (Lipinski definition) is 2. The molecule has 1 atom stereocenters. The second-order valence-corrected chi connectivity index (χ2v) is 6.88. The van der Waals surface area contributed by atoms with Crippen molar-refractivity contribution >= 4 is 15.7 Å². The Hall–Kier alpha value is -1.11. The molecular weight excluding hydrogens is 276 g/mol. The molecular formula is C14H22N2O3S. The van der Waals surface area contributed by atoms with Crippen molar-refractivity contribution in [2.24, 2.45) is 0 Å². The molecule has 1 aliphatic rings. The minimum atomic E-state index is -3.47. The summed E-state index contributed by atoms with van der Waals surface area (Å²) < 4.78 is 27.2. The minimum absolute atomic E-state index is 0.0112. The van der Waals surface area contributed by atoms with E-state index in [9.17, 15) is 8.42 Å². The maximum atomic E-state index is 12.8. The van der Waals surface area contributed by atoms with Gasteiger partial charge in [-0.2, -0.15) is 4.31 Å². The van der Waals surface area contributed by atoms with Crippen molar-refractivity contribution in [1.29, 1.82) is 0 Å². The molecule has 1 fully saturated rings. The average molecular weight is 298 g/mol. The quantitative estimate of drug-likeness (QED) is 0.838. The third kappa shape index (κ3) is 2.97. The fraction of sp³-hybridized carbons (Fsp3) is 0.571. The van der Waals surface area contributed by atoms with Crippen molar-refractivity contribution in [3.8, 4) is 0 Å². The molecule has 0 spiro atoms. The average Bonchev–Trinajstić information content (AvgIpc) is 2.94. The van der Waals surface area contributed by atoms with Crippen molar-refractivity contribution in [1.82, 2.24) is 4.31 Å². The molecule has 0 saturated carbocycles. The second-order valence-electron chi connectivity index (χ2n) is 5.02. The van der Waals surface area contributed by atoms with Crippen LogP contribution in [0.2, 0.25) is 0 Å². The molecule has 1 aliphatic heterocycles. The van der Waals surface area contributed by atoms with Crippen LogP contribution in [0.15, 0.2) is 29.2 Å². The first-order chi connectivity index (χ1) is 9.61. The Morgan fingerprint density at radius 1 is 1.40 bits per heavy atom. The lowest BCUT2D eigenvalue weighted by Crippen LogP contribution is -2.36. The number of aliphatic hydroxyl groups is 1. The SMILES string of the molecule is CNc1ccccc1S(=O)(=O)N1CCCC1CCCO. The van der Waals surface area contributed by atoms with Crippen LogP contribution in [0.5, 0.6) is 0 Å². The topological polar surface area (TPSA) is 69.6 Å². The van der Waals surface area contributed by atoms with Crippen molar-refractivity contribution in [3.05, 3.63) is 24.3 Å². The Balaban J connectivity index is 2.29. The summed E-state index contributed by atoms with van der Waals surface area (Å²) in [7, 11) is -1.75. The maximum absolute atomic E-state index is 12.8. The highest BCUT2D eigenvalue weighted by molar-refractivity contribution is 7.89. The predicted octanol–water partition coefficient (Wildman–Crippen LogP) is 1.65. The van der Waals surface area contributed by atoms with Gasteiger partial charge in [-0.3, -0.25) is 0 Å². The summed E-state index contributed by atoms with van der Waals surface area (Å²) in [6.45, 7) is 0.675. The number of sulfonamides is 1. The van der Waals surface area contributed by atoms with E-state index in [1.54, 1.807) is 29.6 Å². The number of benzene rings is 1. The third-order valence-electron chi connectivity index (χ3n) is 3.76. The highest BCUT2D eigenvalue weighted by Crippen LogP contribution is 2.31. The molecule has 1 heterocycles. The first-order valence-electron chi connectivity index (χ1n) is 7.00. The molecule has 2 rings (SSSR count). The van der Waals surface area contributed by atoms with Crippen molar-refractivity contribution in [3.63, 3.8) is 0 Å². The van der Waals surface area contributed by atoms with Crippen LogP contribution in [-0.2, 0) is 10.0 Å². The van der Waals surface area contributed by atoms with Gasteiger partial charge in [0.05, 0.1) is 5.69 Å². The molecule has 6 heteroatoms. The Morgan fingerprint density at radius 2 is 2.15 bits per heavy atom. The van der Waals surface area contributed by atoms with Gasteiger partial charge in [0.15, 0.2) is 0 Å². The van der Waals surface area contributed by atoms with Gasteiger partial charge in [-0.15, -0.1) is 0 Å². The van der Waals surface area contributed by atoms with E-state index >= 15 is 0 Å². The van der Waals surface area contributed by atoms with Crippen LogP contribution in [0, 0.1) is 0 Å². The molecule has 1 saturated heterocycles. The van der Waals surface area contributed by atoms with E-state index in [1.165, 1.54) is 0 Å². The van der Waals surface area contributed by atoms with Crippen LogP contribution in [0.4, 0.5) is 5.69 Å². The van der Waals surface area contributed by atoms with Gasteiger partial charge in [-0.25, -0.2) is 8.42 Å². The van der Waals surface area contributed by atoms with E-state index in [1.807, 2.05) is 6.07 Å². The predicted molar refractivity (Wildman–Crippen MR) is 79.2 cm³/mol. The van der Waals surface area contributed by atoms with Crippen molar-refractivity contribution in [2.75, 3.05) is 25.5 Å². The number of rotatable bonds is 6. The van der Waals surface area contributed by atoms with E-state index in [0.717, 1.165) is 19.3 Å². The molecule has 2 N–H and O–H groups in total. The molecule has 0 amide bonds. The van der Waals surface area contributed by atoms with Gasteiger partial charge in [-0.1, -0.05) is 12.1 Å². The Morgan fingerprint density at radius 3 is 2.85 bits per heavy atom. The molecule has 0 radical (unpaired) electrons. The molecule has 0 aliphatic carbocycles. The monoisotopic (exact) mass is 298 g/mol. The van der Waals surface area contributed by atoms with E-state index in [-0.39, 0.29) is 12.6 Å².